The Hall–Kier alpha value is -1.43. The number of amides is 1. The molecule has 1 amide bonds. The number of carbonyl (C=O) groups excluding carboxylic acids is 1. The molecule has 1 aromatic rings. The zero-order valence-electron chi connectivity index (χ0n) is 12.2. The summed E-state index contributed by atoms with van der Waals surface area (Å²) in [6.45, 7) is 8.37. The Morgan fingerprint density at radius 1 is 1.45 bits per heavy atom. The molecule has 2 rings (SSSR count). The highest BCUT2D eigenvalue weighted by Gasteiger charge is 2.40. The van der Waals surface area contributed by atoms with Crippen LogP contribution >= 0.6 is 11.3 Å². The van der Waals surface area contributed by atoms with Crippen LogP contribution in [0.15, 0.2) is 5.51 Å². The van der Waals surface area contributed by atoms with Crippen molar-refractivity contribution in [3.05, 3.63) is 16.1 Å². The van der Waals surface area contributed by atoms with Crippen molar-refractivity contribution < 1.29 is 14.7 Å². The summed E-state index contributed by atoms with van der Waals surface area (Å²) >= 11 is 1.33. The molecule has 1 saturated heterocycles. The first-order valence-electron chi connectivity index (χ1n) is 6.71. The second-order valence-corrected chi connectivity index (χ2v) is 7.11. The summed E-state index contributed by atoms with van der Waals surface area (Å²) in [5, 5.41) is 9.15. The van der Waals surface area contributed by atoms with E-state index in [0.29, 0.717) is 17.8 Å². The standard InChI is InChI=1S/C14H20N2O3S/c1-8-9(13(18)19)5-6-16(8)12(17)10-11(14(2,3)4)15-7-20-10/h7-9H,5-6H2,1-4H3,(H,18,19). The Morgan fingerprint density at radius 3 is 2.60 bits per heavy atom. The Labute approximate surface area is 122 Å². The number of carboxylic acids is 1. The van der Waals surface area contributed by atoms with E-state index in [4.69, 9.17) is 5.11 Å². The smallest absolute Gasteiger partial charge is 0.308 e. The zero-order chi connectivity index (χ0) is 15.1. The molecule has 0 saturated carbocycles. The highest BCUT2D eigenvalue weighted by molar-refractivity contribution is 7.11. The molecule has 0 bridgehead atoms. The molecule has 1 N–H and O–H groups in total. The second-order valence-electron chi connectivity index (χ2n) is 6.25. The first kappa shape index (κ1) is 15.0. The van der Waals surface area contributed by atoms with E-state index in [2.05, 4.69) is 4.98 Å². The fraction of sp³-hybridized carbons (Fsp3) is 0.643. The van der Waals surface area contributed by atoms with Crippen LogP contribution in [0, 0.1) is 5.92 Å². The molecule has 20 heavy (non-hydrogen) atoms. The van der Waals surface area contributed by atoms with Crippen LogP contribution in [-0.4, -0.2) is 39.5 Å². The predicted molar refractivity (Wildman–Crippen MR) is 77.1 cm³/mol. The van der Waals surface area contributed by atoms with E-state index in [0.717, 1.165) is 5.69 Å². The molecule has 1 aliphatic heterocycles. The number of carboxylic acid groups (broad SMARTS) is 1. The van der Waals surface area contributed by atoms with Crippen molar-refractivity contribution in [1.82, 2.24) is 9.88 Å². The number of hydrogen-bond acceptors (Lipinski definition) is 4. The minimum Gasteiger partial charge on any atom is -0.481 e. The average Bonchev–Trinajstić information content (AvgIpc) is 2.92. The van der Waals surface area contributed by atoms with Crippen LogP contribution in [0.2, 0.25) is 0 Å². The fourth-order valence-electron chi connectivity index (χ4n) is 2.62. The van der Waals surface area contributed by atoms with Crippen LogP contribution in [-0.2, 0) is 10.2 Å². The predicted octanol–water partition coefficient (Wildman–Crippen LogP) is 2.38. The van der Waals surface area contributed by atoms with E-state index >= 15 is 0 Å². The van der Waals surface area contributed by atoms with Crippen molar-refractivity contribution in [3.63, 3.8) is 0 Å². The molecule has 6 heteroatoms. The van der Waals surface area contributed by atoms with Crippen molar-refractivity contribution in [2.45, 2.75) is 45.6 Å². The van der Waals surface area contributed by atoms with Crippen molar-refractivity contribution in [3.8, 4) is 0 Å². The van der Waals surface area contributed by atoms with Gasteiger partial charge < -0.3 is 10.0 Å². The van der Waals surface area contributed by atoms with Crippen molar-refractivity contribution in [2.75, 3.05) is 6.54 Å². The third-order valence-electron chi connectivity index (χ3n) is 3.81. The largest absolute Gasteiger partial charge is 0.481 e. The maximum atomic E-state index is 12.7. The van der Waals surface area contributed by atoms with Crippen molar-refractivity contribution in [1.29, 1.82) is 0 Å². The highest BCUT2D eigenvalue weighted by atomic mass is 32.1. The van der Waals surface area contributed by atoms with Gasteiger partial charge in [0.25, 0.3) is 5.91 Å². The number of nitrogens with zero attached hydrogens (tertiary/aromatic N) is 2. The summed E-state index contributed by atoms with van der Waals surface area (Å²) < 4.78 is 0. The molecular weight excluding hydrogens is 276 g/mol. The highest BCUT2D eigenvalue weighted by Crippen LogP contribution is 2.31. The minimum atomic E-state index is -0.826. The third kappa shape index (κ3) is 2.57. The minimum absolute atomic E-state index is 0.0892. The van der Waals surface area contributed by atoms with E-state index in [1.165, 1.54) is 11.3 Å². The van der Waals surface area contributed by atoms with Crippen LogP contribution < -0.4 is 0 Å². The number of rotatable bonds is 2. The number of hydrogen-bond donors (Lipinski definition) is 1. The molecule has 110 valence electrons. The summed E-state index contributed by atoms with van der Waals surface area (Å²) in [5.41, 5.74) is 2.28. The molecule has 0 spiro atoms. The van der Waals surface area contributed by atoms with Crippen LogP contribution in [0.1, 0.15) is 49.5 Å². The van der Waals surface area contributed by atoms with Gasteiger partial charge in [-0.1, -0.05) is 20.8 Å². The number of likely N-dealkylation sites (tertiary alicyclic amines) is 1. The molecule has 0 radical (unpaired) electrons. The van der Waals surface area contributed by atoms with Gasteiger partial charge in [-0.2, -0.15) is 0 Å². The fourth-order valence-corrected chi connectivity index (χ4v) is 3.57. The molecule has 2 unspecified atom stereocenters. The summed E-state index contributed by atoms with van der Waals surface area (Å²) in [6, 6.07) is -0.269. The molecule has 5 nitrogen and oxygen atoms in total. The Bertz CT molecular complexity index is 533. The molecule has 0 aliphatic carbocycles. The average molecular weight is 296 g/mol. The first-order valence-corrected chi connectivity index (χ1v) is 7.59. The lowest BCUT2D eigenvalue weighted by atomic mass is 9.91. The molecule has 1 aliphatic rings. The molecule has 1 fully saturated rings. The van der Waals surface area contributed by atoms with Gasteiger partial charge in [0.2, 0.25) is 0 Å². The Balaban J connectivity index is 2.26. The second kappa shape index (κ2) is 5.16. The van der Waals surface area contributed by atoms with E-state index in [1.807, 2.05) is 27.7 Å². The van der Waals surface area contributed by atoms with Crippen LogP contribution in [0.4, 0.5) is 0 Å². The van der Waals surface area contributed by atoms with Gasteiger partial charge in [0, 0.05) is 18.0 Å². The number of aliphatic carboxylic acids is 1. The van der Waals surface area contributed by atoms with E-state index in [-0.39, 0.29) is 17.4 Å². The van der Waals surface area contributed by atoms with Gasteiger partial charge in [0.15, 0.2) is 0 Å². The maximum absolute atomic E-state index is 12.7. The summed E-state index contributed by atoms with van der Waals surface area (Å²) in [6.07, 6.45) is 0.520. The van der Waals surface area contributed by atoms with Crippen molar-refractivity contribution in [2.24, 2.45) is 5.92 Å². The van der Waals surface area contributed by atoms with Gasteiger partial charge in [-0.15, -0.1) is 11.3 Å². The molecule has 2 heterocycles. The van der Waals surface area contributed by atoms with Crippen LogP contribution in [0.3, 0.4) is 0 Å². The number of thiazole rings is 1. The summed E-state index contributed by atoms with van der Waals surface area (Å²) in [4.78, 5) is 30.4. The summed E-state index contributed by atoms with van der Waals surface area (Å²) in [7, 11) is 0. The Kier molecular flexibility index (Phi) is 3.86. The topological polar surface area (TPSA) is 70.5 Å². The maximum Gasteiger partial charge on any atom is 0.308 e. The van der Waals surface area contributed by atoms with Gasteiger partial charge in [0.1, 0.15) is 4.88 Å². The van der Waals surface area contributed by atoms with Crippen LogP contribution in [0.5, 0.6) is 0 Å². The molecular formula is C14H20N2O3S. The zero-order valence-corrected chi connectivity index (χ0v) is 13.0. The lowest BCUT2D eigenvalue weighted by Gasteiger charge is -2.25. The SMILES string of the molecule is CC1C(C(=O)O)CCN1C(=O)c1scnc1C(C)(C)C. The van der Waals surface area contributed by atoms with E-state index < -0.39 is 11.9 Å². The monoisotopic (exact) mass is 296 g/mol. The molecule has 0 aromatic carbocycles. The van der Waals surface area contributed by atoms with Gasteiger partial charge in [-0.3, -0.25) is 9.59 Å². The first-order chi connectivity index (χ1) is 9.23. The molecule has 2 atom stereocenters. The number of aromatic nitrogens is 1. The normalized spacial score (nSPS) is 23.1. The van der Waals surface area contributed by atoms with Crippen LogP contribution in [0.25, 0.3) is 0 Å². The third-order valence-corrected chi connectivity index (χ3v) is 4.62. The van der Waals surface area contributed by atoms with Gasteiger partial charge >= 0.3 is 5.97 Å². The lowest BCUT2D eigenvalue weighted by Crippen LogP contribution is -2.38. The van der Waals surface area contributed by atoms with E-state index in [9.17, 15) is 9.59 Å². The molecule has 1 aromatic heterocycles. The Morgan fingerprint density at radius 2 is 2.10 bits per heavy atom. The van der Waals surface area contributed by atoms with Crippen molar-refractivity contribution >= 4 is 23.2 Å². The number of carbonyl (C=O) groups is 2. The van der Waals surface area contributed by atoms with E-state index in [1.54, 1.807) is 10.4 Å². The van der Waals surface area contributed by atoms with Gasteiger partial charge in [-0.05, 0) is 13.3 Å². The summed E-state index contributed by atoms with van der Waals surface area (Å²) in [5.74, 6) is -1.38. The van der Waals surface area contributed by atoms with Gasteiger partial charge in [-0.25, -0.2) is 4.98 Å². The van der Waals surface area contributed by atoms with Gasteiger partial charge in [0.05, 0.1) is 17.1 Å². The lowest BCUT2D eigenvalue weighted by molar-refractivity contribution is -0.142. The quantitative estimate of drug-likeness (QED) is 0.909.